The van der Waals surface area contributed by atoms with Crippen molar-refractivity contribution in [1.82, 2.24) is 5.32 Å². The van der Waals surface area contributed by atoms with E-state index in [1.165, 1.54) is 295 Å². The van der Waals surface area contributed by atoms with Crippen molar-refractivity contribution in [2.75, 3.05) is 13.2 Å². The first-order chi connectivity index (χ1) is 38.3. The molecule has 9 nitrogen and oxygen atoms in total. The van der Waals surface area contributed by atoms with E-state index in [0.29, 0.717) is 6.42 Å². The molecular formula is C69H133NO8. The van der Waals surface area contributed by atoms with E-state index in [-0.39, 0.29) is 12.5 Å². The molecule has 0 spiro atoms. The molecule has 7 atom stereocenters. The van der Waals surface area contributed by atoms with E-state index in [4.69, 9.17) is 9.47 Å². The maximum absolute atomic E-state index is 13.1. The van der Waals surface area contributed by atoms with Crippen LogP contribution in [0, 0.1) is 0 Å². The topological polar surface area (TPSA) is 149 Å². The Hall–Kier alpha value is -1.33. The summed E-state index contributed by atoms with van der Waals surface area (Å²) in [5, 5.41) is 54.7. The van der Waals surface area contributed by atoms with Gasteiger partial charge in [-0.05, 0) is 32.1 Å². The highest BCUT2D eigenvalue weighted by atomic mass is 16.7. The van der Waals surface area contributed by atoms with E-state index in [0.717, 1.165) is 38.5 Å². The number of rotatable bonds is 61. The predicted molar refractivity (Wildman–Crippen MR) is 332 cm³/mol. The minimum atomic E-state index is -1.57. The summed E-state index contributed by atoms with van der Waals surface area (Å²) in [6, 6.07) is -0.820. The second-order valence-corrected chi connectivity index (χ2v) is 24.3. The lowest BCUT2D eigenvalue weighted by atomic mass is 9.99. The third kappa shape index (κ3) is 47.2. The molecule has 0 aromatic heterocycles. The molecule has 462 valence electrons. The van der Waals surface area contributed by atoms with Gasteiger partial charge < -0.3 is 40.3 Å². The first-order valence-corrected chi connectivity index (χ1v) is 34.6. The normalized spacial score (nSPS) is 18.7. The molecule has 9 heteroatoms. The predicted octanol–water partition coefficient (Wildman–Crippen LogP) is 18.5. The molecule has 0 aliphatic carbocycles. The third-order valence-corrected chi connectivity index (χ3v) is 16.8. The number of hydrogen-bond acceptors (Lipinski definition) is 8. The summed E-state index contributed by atoms with van der Waals surface area (Å²) >= 11 is 0. The first kappa shape index (κ1) is 74.7. The highest BCUT2D eigenvalue weighted by Crippen LogP contribution is 2.23. The van der Waals surface area contributed by atoms with Crippen LogP contribution < -0.4 is 5.32 Å². The summed E-state index contributed by atoms with van der Waals surface area (Å²) in [5.41, 5.74) is 0. The number of aliphatic hydroxyl groups excluding tert-OH is 5. The molecule has 1 fully saturated rings. The summed E-state index contributed by atoms with van der Waals surface area (Å²) in [6.07, 6.45) is 70.1. The largest absolute Gasteiger partial charge is 0.394 e. The molecule has 6 N–H and O–H groups in total. The Morgan fingerprint density at radius 1 is 0.423 bits per heavy atom. The second kappa shape index (κ2) is 58.9. The van der Waals surface area contributed by atoms with Crippen molar-refractivity contribution in [1.29, 1.82) is 0 Å². The van der Waals surface area contributed by atoms with Gasteiger partial charge in [0.15, 0.2) is 6.29 Å². The van der Waals surface area contributed by atoms with E-state index in [2.05, 4.69) is 31.3 Å². The lowest BCUT2D eigenvalue weighted by Gasteiger charge is -2.40. The van der Waals surface area contributed by atoms with Crippen molar-refractivity contribution in [3.63, 3.8) is 0 Å². The number of unbranched alkanes of at least 4 members (excludes halogenated alkanes) is 49. The number of nitrogens with one attached hydrogen (secondary N) is 1. The van der Waals surface area contributed by atoms with E-state index in [1.54, 1.807) is 6.08 Å². The first-order valence-electron chi connectivity index (χ1n) is 34.6. The van der Waals surface area contributed by atoms with Gasteiger partial charge in [0.05, 0.1) is 25.4 Å². The number of carbonyl (C=O) groups is 1. The lowest BCUT2D eigenvalue weighted by molar-refractivity contribution is -0.302. The molecule has 0 bridgehead atoms. The molecule has 7 unspecified atom stereocenters. The van der Waals surface area contributed by atoms with Crippen molar-refractivity contribution >= 4 is 5.91 Å². The van der Waals surface area contributed by atoms with Crippen LogP contribution in [0.25, 0.3) is 0 Å². The lowest BCUT2D eigenvalue weighted by Crippen LogP contribution is -2.60. The summed E-state index contributed by atoms with van der Waals surface area (Å²) in [5.74, 6) is -0.178. The molecule has 1 rings (SSSR count). The highest BCUT2D eigenvalue weighted by Gasteiger charge is 2.44. The number of hydrogen-bond donors (Lipinski definition) is 6. The Morgan fingerprint density at radius 2 is 0.731 bits per heavy atom. The molecular weight excluding hydrogens is 971 g/mol. The number of aliphatic hydroxyl groups is 5. The Balaban J connectivity index is 2.14. The Labute approximate surface area is 483 Å². The standard InChI is InChI=1S/C69H133NO8/c1-3-5-7-9-11-13-15-17-19-21-23-25-27-28-29-30-31-32-33-34-35-37-38-40-42-44-46-48-50-52-54-56-58-63(72)62(61-77-69-68(76)67(75)66(74)64(60-71)78-69)70-65(73)59-57-55-53-51-49-47-45-43-41-39-36-26-24-22-20-18-16-14-12-10-8-6-4-2/h48,50,56,58,62-64,66-69,71-72,74-76H,3-47,49,51-55,57,59-61H2,1-2H3,(H,70,73)/b50-48+,58-56+. The van der Waals surface area contributed by atoms with Gasteiger partial charge in [0.25, 0.3) is 0 Å². The van der Waals surface area contributed by atoms with Crippen molar-refractivity contribution < 1.29 is 39.8 Å². The minimum absolute atomic E-state index is 0.178. The number of ether oxygens (including phenoxy) is 2. The van der Waals surface area contributed by atoms with Crippen molar-refractivity contribution in [2.45, 2.75) is 397 Å². The van der Waals surface area contributed by atoms with E-state index in [1.807, 2.05) is 6.08 Å². The molecule has 1 heterocycles. The zero-order valence-corrected chi connectivity index (χ0v) is 51.7. The summed E-state index contributed by atoms with van der Waals surface area (Å²) in [7, 11) is 0. The van der Waals surface area contributed by atoms with E-state index in [9.17, 15) is 30.3 Å². The zero-order chi connectivity index (χ0) is 56.5. The van der Waals surface area contributed by atoms with Crippen molar-refractivity contribution in [2.24, 2.45) is 0 Å². The van der Waals surface area contributed by atoms with Crippen LogP contribution in [-0.4, -0.2) is 87.5 Å². The Kier molecular flexibility index (Phi) is 56.3. The third-order valence-electron chi connectivity index (χ3n) is 16.8. The molecule has 78 heavy (non-hydrogen) atoms. The monoisotopic (exact) mass is 1100 g/mol. The maximum Gasteiger partial charge on any atom is 0.220 e. The molecule has 0 aromatic carbocycles. The molecule has 1 amide bonds. The van der Waals surface area contributed by atoms with E-state index >= 15 is 0 Å². The van der Waals surface area contributed by atoms with Crippen LogP contribution in [0.4, 0.5) is 0 Å². The molecule has 1 saturated heterocycles. The van der Waals surface area contributed by atoms with Gasteiger partial charge in [0.2, 0.25) is 5.91 Å². The van der Waals surface area contributed by atoms with Crippen molar-refractivity contribution in [3.05, 3.63) is 24.3 Å². The van der Waals surface area contributed by atoms with Crippen LogP contribution in [0.15, 0.2) is 24.3 Å². The Bertz CT molecular complexity index is 1280. The fourth-order valence-electron chi connectivity index (χ4n) is 11.4. The van der Waals surface area contributed by atoms with Gasteiger partial charge in [-0.15, -0.1) is 0 Å². The average Bonchev–Trinajstić information content (AvgIpc) is 3.45. The molecule has 1 aliphatic rings. The van der Waals surface area contributed by atoms with Gasteiger partial charge in [-0.1, -0.05) is 340 Å². The van der Waals surface area contributed by atoms with Crippen LogP contribution in [0.3, 0.4) is 0 Å². The number of carbonyl (C=O) groups excluding carboxylic acids is 1. The van der Waals surface area contributed by atoms with Gasteiger partial charge >= 0.3 is 0 Å². The fraction of sp³-hybridized carbons (Fsp3) is 0.928. The average molecular weight is 1100 g/mol. The molecule has 0 radical (unpaired) electrons. The van der Waals surface area contributed by atoms with Gasteiger partial charge in [0, 0.05) is 6.42 Å². The van der Waals surface area contributed by atoms with Crippen LogP contribution in [-0.2, 0) is 14.3 Å². The molecule has 0 saturated carbocycles. The fourth-order valence-corrected chi connectivity index (χ4v) is 11.4. The number of amides is 1. The SMILES string of the molecule is CCCCCCCCCCCCCCCCCCCCCCCCCCCC/C=C/CC/C=C/C(O)C(COC1OC(CO)C(O)C(O)C1O)NC(=O)CCCCCCCCCCCCCCCCCCCCCCCCC. The highest BCUT2D eigenvalue weighted by molar-refractivity contribution is 5.76. The summed E-state index contributed by atoms with van der Waals surface area (Å²) in [6.45, 7) is 3.82. The quantitative estimate of drug-likeness (QED) is 0.0261. The van der Waals surface area contributed by atoms with Gasteiger partial charge in [-0.2, -0.15) is 0 Å². The van der Waals surface area contributed by atoms with Gasteiger partial charge in [-0.25, -0.2) is 0 Å². The second-order valence-electron chi connectivity index (χ2n) is 24.3. The molecule has 0 aromatic rings. The minimum Gasteiger partial charge on any atom is -0.394 e. The van der Waals surface area contributed by atoms with Gasteiger partial charge in [0.1, 0.15) is 24.4 Å². The van der Waals surface area contributed by atoms with E-state index < -0.39 is 49.5 Å². The zero-order valence-electron chi connectivity index (χ0n) is 51.7. The van der Waals surface area contributed by atoms with Crippen LogP contribution in [0.2, 0.25) is 0 Å². The summed E-state index contributed by atoms with van der Waals surface area (Å²) < 4.78 is 11.3. The van der Waals surface area contributed by atoms with Gasteiger partial charge in [-0.3, -0.25) is 4.79 Å². The Morgan fingerprint density at radius 3 is 1.08 bits per heavy atom. The van der Waals surface area contributed by atoms with Crippen molar-refractivity contribution in [3.8, 4) is 0 Å². The van der Waals surface area contributed by atoms with Crippen LogP contribution in [0.5, 0.6) is 0 Å². The molecule has 1 aliphatic heterocycles. The number of allylic oxidation sites excluding steroid dienone is 3. The van der Waals surface area contributed by atoms with Crippen LogP contribution in [0.1, 0.15) is 354 Å². The summed E-state index contributed by atoms with van der Waals surface area (Å²) in [4.78, 5) is 13.1. The maximum atomic E-state index is 13.1. The van der Waals surface area contributed by atoms with Crippen LogP contribution >= 0.6 is 0 Å². The smallest absolute Gasteiger partial charge is 0.220 e.